The Balaban J connectivity index is 1.63. The summed E-state index contributed by atoms with van der Waals surface area (Å²) in [5.74, 6) is -0.0625. The van der Waals surface area contributed by atoms with Crippen LogP contribution in [0.1, 0.15) is 21.5 Å². The number of rotatable bonds is 7. The van der Waals surface area contributed by atoms with Crippen molar-refractivity contribution >= 4 is 22.2 Å². The van der Waals surface area contributed by atoms with Crippen molar-refractivity contribution in [2.75, 3.05) is 5.73 Å². The van der Waals surface area contributed by atoms with E-state index in [1.807, 2.05) is 89.8 Å². The Hall–Kier alpha value is -4.15. The summed E-state index contributed by atoms with van der Waals surface area (Å²) in [6, 6.07) is 40.4. The molecule has 5 rings (SSSR count). The van der Waals surface area contributed by atoms with E-state index >= 15 is 0 Å². The molecule has 2 N–H and O–H groups in total. The molecule has 0 saturated heterocycles. The van der Waals surface area contributed by atoms with Crippen LogP contribution in [-0.4, -0.2) is 10.8 Å². The quantitative estimate of drug-likeness (QED) is 0.265. The van der Waals surface area contributed by atoms with Crippen LogP contribution >= 0.6 is 11.3 Å². The third-order valence-corrected chi connectivity index (χ3v) is 7.04. The van der Waals surface area contributed by atoms with Gasteiger partial charge in [0.05, 0.1) is 10.6 Å². The van der Waals surface area contributed by atoms with Crippen LogP contribution in [0.4, 0.5) is 5.00 Å². The van der Waals surface area contributed by atoms with Gasteiger partial charge < -0.3 is 10.6 Å². The van der Waals surface area contributed by atoms with E-state index in [1.165, 1.54) is 11.3 Å². The number of nitrogen functional groups attached to an aromatic ring is 1. The number of hydrogen-bond donors (Lipinski definition) is 1. The number of hydrogen-bond acceptors (Lipinski definition) is 3. The summed E-state index contributed by atoms with van der Waals surface area (Å²) in [5.41, 5.74) is 12.3. The van der Waals surface area contributed by atoms with Gasteiger partial charge in [0.25, 0.3) is 5.91 Å². The van der Waals surface area contributed by atoms with Crippen molar-refractivity contribution in [3.63, 3.8) is 0 Å². The number of nitrogens with two attached hydrogens (primary N) is 1. The molecule has 4 aromatic carbocycles. The predicted octanol–water partition coefficient (Wildman–Crippen LogP) is 7.51. The maximum atomic E-state index is 14.3. The molecular weight excluding hydrogens is 448 g/mol. The van der Waals surface area contributed by atoms with Gasteiger partial charge in [-0.25, -0.2) is 0 Å². The minimum absolute atomic E-state index is 0.0625. The van der Waals surface area contributed by atoms with E-state index in [4.69, 9.17) is 5.73 Å². The first-order valence-corrected chi connectivity index (χ1v) is 12.4. The number of benzene rings is 4. The molecule has 0 aliphatic heterocycles. The van der Waals surface area contributed by atoms with E-state index in [2.05, 4.69) is 36.4 Å². The second-order valence-electron chi connectivity index (χ2n) is 8.41. The van der Waals surface area contributed by atoms with Crippen LogP contribution in [0, 0.1) is 0 Å². The van der Waals surface area contributed by atoms with Gasteiger partial charge in [-0.1, -0.05) is 121 Å². The first-order valence-electron chi connectivity index (χ1n) is 11.6. The van der Waals surface area contributed by atoms with Crippen LogP contribution < -0.4 is 5.73 Å². The average Bonchev–Trinajstić information content (AvgIpc) is 3.27. The van der Waals surface area contributed by atoms with Crippen molar-refractivity contribution in [3.8, 4) is 21.6 Å². The zero-order valence-electron chi connectivity index (χ0n) is 19.3. The Kier molecular flexibility index (Phi) is 6.73. The highest BCUT2D eigenvalue weighted by Gasteiger charge is 2.28. The Morgan fingerprint density at radius 1 is 0.629 bits per heavy atom. The topological polar surface area (TPSA) is 46.3 Å². The molecule has 0 atom stereocenters. The molecule has 0 spiro atoms. The van der Waals surface area contributed by atoms with Gasteiger partial charge in [0.2, 0.25) is 0 Å². The molecule has 5 aromatic rings. The number of carbonyl (C=O) groups excluding carboxylic acids is 1. The van der Waals surface area contributed by atoms with Crippen LogP contribution in [0.5, 0.6) is 0 Å². The molecule has 0 aliphatic carbocycles. The second-order valence-corrected chi connectivity index (χ2v) is 9.46. The van der Waals surface area contributed by atoms with Crippen molar-refractivity contribution in [3.05, 3.63) is 138 Å². The lowest BCUT2D eigenvalue weighted by molar-refractivity contribution is 0.0732. The maximum Gasteiger partial charge on any atom is 0.258 e. The number of nitrogens with zero attached hydrogens (tertiary/aromatic N) is 1. The molecule has 0 unspecified atom stereocenters. The predicted molar refractivity (Wildman–Crippen MR) is 146 cm³/mol. The summed E-state index contributed by atoms with van der Waals surface area (Å²) in [6.45, 7) is 0.998. The fourth-order valence-electron chi connectivity index (χ4n) is 4.30. The lowest BCUT2D eigenvalue weighted by atomic mass is 9.97. The summed E-state index contributed by atoms with van der Waals surface area (Å²) >= 11 is 1.48. The number of amides is 1. The smallest absolute Gasteiger partial charge is 0.258 e. The van der Waals surface area contributed by atoms with Crippen molar-refractivity contribution in [2.45, 2.75) is 13.1 Å². The molecule has 0 saturated carbocycles. The number of thiophene rings is 1. The lowest BCUT2D eigenvalue weighted by Crippen LogP contribution is -2.30. The second kappa shape index (κ2) is 10.4. The van der Waals surface area contributed by atoms with Crippen LogP contribution in [0.2, 0.25) is 0 Å². The fourth-order valence-corrected chi connectivity index (χ4v) is 5.39. The maximum absolute atomic E-state index is 14.3. The van der Waals surface area contributed by atoms with E-state index in [-0.39, 0.29) is 5.91 Å². The lowest BCUT2D eigenvalue weighted by Gasteiger charge is -2.24. The first kappa shape index (κ1) is 22.6. The van der Waals surface area contributed by atoms with Gasteiger partial charge in [-0.15, -0.1) is 11.3 Å². The van der Waals surface area contributed by atoms with Crippen molar-refractivity contribution in [1.29, 1.82) is 0 Å². The van der Waals surface area contributed by atoms with Crippen LogP contribution in [0.25, 0.3) is 21.6 Å². The molecule has 35 heavy (non-hydrogen) atoms. The van der Waals surface area contributed by atoms with Gasteiger partial charge >= 0.3 is 0 Å². The summed E-state index contributed by atoms with van der Waals surface area (Å²) < 4.78 is 0. The van der Waals surface area contributed by atoms with Crippen LogP contribution in [0.3, 0.4) is 0 Å². The molecule has 0 bridgehead atoms. The van der Waals surface area contributed by atoms with E-state index in [9.17, 15) is 4.79 Å². The summed E-state index contributed by atoms with van der Waals surface area (Å²) in [6.07, 6.45) is 0. The molecule has 1 heterocycles. The highest BCUT2D eigenvalue weighted by Crippen LogP contribution is 2.45. The number of carbonyl (C=O) groups is 1. The van der Waals surface area contributed by atoms with E-state index in [1.54, 1.807) is 0 Å². The largest absolute Gasteiger partial charge is 0.390 e. The molecule has 172 valence electrons. The standard InChI is InChI=1S/C31H26N2OS/c32-30-28(27(25-17-9-3-10-18-25)29(35-30)26-19-11-4-12-20-26)31(34)33(21-23-13-5-1-6-14-23)22-24-15-7-2-8-16-24/h1-20H,21-22,32H2. The average molecular weight is 475 g/mol. The van der Waals surface area contributed by atoms with Gasteiger partial charge in [0, 0.05) is 23.5 Å². The summed E-state index contributed by atoms with van der Waals surface area (Å²) in [7, 11) is 0. The fraction of sp³-hybridized carbons (Fsp3) is 0.0645. The Labute approximate surface area is 210 Å². The monoisotopic (exact) mass is 474 g/mol. The molecule has 0 aliphatic rings. The summed E-state index contributed by atoms with van der Waals surface area (Å²) in [5, 5.41) is 0.541. The van der Waals surface area contributed by atoms with Gasteiger partial charge in [-0.3, -0.25) is 4.79 Å². The zero-order valence-corrected chi connectivity index (χ0v) is 20.1. The first-order chi connectivity index (χ1) is 17.2. The van der Waals surface area contributed by atoms with E-state index in [0.717, 1.165) is 32.7 Å². The molecule has 1 amide bonds. The zero-order chi connectivity index (χ0) is 24.0. The van der Waals surface area contributed by atoms with Crippen LogP contribution in [-0.2, 0) is 13.1 Å². The minimum Gasteiger partial charge on any atom is -0.390 e. The Morgan fingerprint density at radius 3 is 1.54 bits per heavy atom. The molecular formula is C31H26N2OS. The molecule has 0 radical (unpaired) electrons. The minimum atomic E-state index is -0.0625. The van der Waals surface area contributed by atoms with E-state index in [0.29, 0.717) is 23.7 Å². The Bertz CT molecular complexity index is 1360. The summed E-state index contributed by atoms with van der Waals surface area (Å²) in [4.78, 5) is 17.2. The van der Waals surface area contributed by atoms with Gasteiger partial charge in [-0.05, 0) is 22.3 Å². The third-order valence-electron chi connectivity index (χ3n) is 5.97. The molecule has 1 aromatic heterocycles. The van der Waals surface area contributed by atoms with Crippen molar-refractivity contribution in [2.24, 2.45) is 0 Å². The Morgan fingerprint density at radius 2 is 1.06 bits per heavy atom. The van der Waals surface area contributed by atoms with Gasteiger partial charge in [0.1, 0.15) is 0 Å². The normalized spacial score (nSPS) is 10.7. The van der Waals surface area contributed by atoms with Gasteiger partial charge in [0.15, 0.2) is 0 Å². The SMILES string of the molecule is Nc1sc(-c2ccccc2)c(-c2ccccc2)c1C(=O)N(Cc1ccccc1)Cc1ccccc1. The molecule has 4 heteroatoms. The van der Waals surface area contributed by atoms with Crippen molar-refractivity contribution in [1.82, 2.24) is 4.90 Å². The van der Waals surface area contributed by atoms with Crippen molar-refractivity contribution < 1.29 is 4.79 Å². The molecule has 0 fully saturated rings. The van der Waals surface area contributed by atoms with Crippen LogP contribution in [0.15, 0.2) is 121 Å². The highest BCUT2D eigenvalue weighted by atomic mass is 32.1. The van der Waals surface area contributed by atoms with Gasteiger partial charge in [-0.2, -0.15) is 0 Å². The highest BCUT2D eigenvalue weighted by molar-refractivity contribution is 7.20. The third kappa shape index (κ3) is 5.03. The number of anilines is 1. The molecule has 3 nitrogen and oxygen atoms in total. The van der Waals surface area contributed by atoms with E-state index < -0.39 is 0 Å².